The summed E-state index contributed by atoms with van der Waals surface area (Å²) in [6.07, 6.45) is 1.87. The second-order valence-electron chi connectivity index (χ2n) is 2.30. The van der Waals surface area contributed by atoms with E-state index in [-0.39, 0.29) is 12.0 Å². The Morgan fingerprint density at radius 1 is 1.80 bits per heavy atom. The van der Waals surface area contributed by atoms with Gasteiger partial charge in [-0.05, 0) is 6.42 Å². The number of aliphatic carboxylic acids is 1. The molecule has 1 aliphatic heterocycles. The van der Waals surface area contributed by atoms with Crippen LogP contribution in [-0.2, 0) is 9.53 Å². The van der Waals surface area contributed by atoms with Crippen molar-refractivity contribution < 1.29 is 14.6 Å². The molecule has 10 heavy (non-hydrogen) atoms. The minimum absolute atomic E-state index is 0.280. The third-order valence-electron chi connectivity index (χ3n) is 1.69. The Hall–Kier alpha value is -0.830. The predicted molar refractivity (Wildman–Crippen MR) is 35.7 cm³/mol. The van der Waals surface area contributed by atoms with Gasteiger partial charge in [0, 0.05) is 6.61 Å². The number of carbonyl (C=O) groups is 1. The molecule has 0 amide bonds. The molecule has 0 aliphatic carbocycles. The first kappa shape index (κ1) is 7.28. The molecule has 2 atom stereocenters. The van der Waals surface area contributed by atoms with Gasteiger partial charge in [-0.1, -0.05) is 6.08 Å². The highest BCUT2D eigenvalue weighted by Gasteiger charge is 2.31. The number of carboxylic acid groups (broad SMARTS) is 1. The van der Waals surface area contributed by atoms with E-state index in [1.54, 1.807) is 6.08 Å². The van der Waals surface area contributed by atoms with Gasteiger partial charge in [-0.25, -0.2) is 0 Å². The largest absolute Gasteiger partial charge is 0.481 e. The van der Waals surface area contributed by atoms with E-state index >= 15 is 0 Å². The normalized spacial score (nSPS) is 32.0. The third-order valence-corrected chi connectivity index (χ3v) is 1.69. The van der Waals surface area contributed by atoms with E-state index in [0.29, 0.717) is 13.0 Å². The lowest BCUT2D eigenvalue weighted by Gasteiger charge is -2.07. The molecule has 1 rings (SSSR count). The molecule has 0 aromatic rings. The summed E-state index contributed by atoms with van der Waals surface area (Å²) in [5, 5.41) is 8.59. The SMILES string of the molecule is C=CC1OCCC1C(=O)O. The molecule has 3 nitrogen and oxygen atoms in total. The molecule has 1 saturated heterocycles. The lowest BCUT2D eigenvalue weighted by Crippen LogP contribution is -2.21. The van der Waals surface area contributed by atoms with Gasteiger partial charge >= 0.3 is 5.97 Å². The van der Waals surface area contributed by atoms with Crippen LogP contribution in [0, 0.1) is 5.92 Å². The van der Waals surface area contributed by atoms with Crippen LogP contribution >= 0.6 is 0 Å². The van der Waals surface area contributed by atoms with Crippen LogP contribution in [0.15, 0.2) is 12.7 Å². The van der Waals surface area contributed by atoms with Gasteiger partial charge in [0.25, 0.3) is 0 Å². The Morgan fingerprint density at radius 2 is 2.50 bits per heavy atom. The molecule has 1 fully saturated rings. The molecule has 56 valence electrons. The average molecular weight is 142 g/mol. The standard InChI is InChI=1S/C7H10O3/c1-2-6-5(7(8)9)3-4-10-6/h2,5-6H,1,3-4H2,(H,8,9). The maximum Gasteiger partial charge on any atom is 0.309 e. The molecular weight excluding hydrogens is 132 g/mol. The molecule has 3 heteroatoms. The zero-order valence-corrected chi connectivity index (χ0v) is 5.62. The molecule has 0 saturated carbocycles. The van der Waals surface area contributed by atoms with Crippen molar-refractivity contribution in [2.45, 2.75) is 12.5 Å². The van der Waals surface area contributed by atoms with Crippen molar-refractivity contribution in [3.8, 4) is 0 Å². The summed E-state index contributed by atoms with van der Waals surface area (Å²) >= 11 is 0. The van der Waals surface area contributed by atoms with E-state index in [1.165, 1.54) is 0 Å². The summed E-state index contributed by atoms with van der Waals surface area (Å²) in [6, 6.07) is 0. The summed E-state index contributed by atoms with van der Waals surface area (Å²) in [5.74, 6) is -1.17. The summed E-state index contributed by atoms with van der Waals surface area (Å²) in [4.78, 5) is 10.4. The van der Waals surface area contributed by atoms with Gasteiger partial charge in [-0.3, -0.25) is 4.79 Å². The van der Waals surface area contributed by atoms with Crippen LogP contribution in [0.5, 0.6) is 0 Å². The maximum absolute atomic E-state index is 10.4. The highest BCUT2D eigenvalue weighted by Crippen LogP contribution is 2.21. The lowest BCUT2D eigenvalue weighted by atomic mass is 10.0. The number of hydrogen-bond donors (Lipinski definition) is 1. The van der Waals surface area contributed by atoms with Crippen molar-refractivity contribution in [2.24, 2.45) is 5.92 Å². The Labute approximate surface area is 59.3 Å². The van der Waals surface area contributed by atoms with Crippen molar-refractivity contribution in [3.05, 3.63) is 12.7 Å². The number of rotatable bonds is 2. The van der Waals surface area contributed by atoms with Gasteiger partial charge in [-0.2, -0.15) is 0 Å². The van der Waals surface area contributed by atoms with Gasteiger partial charge in [0.2, 0.25) is 0 Å². The molecular formula is C7H10O3. The molecule has 1 heterocycles. The van der Waals surface area contributed by atoms with Crippen molar-refractivity contribution >= 4 is 5.97 Å². The molecule has 0 aromatic heterocycles. The fourth-order valence-electron chi connectivity index (χ4n) is 1.11. The van der Waals surface area contributed by atoms with Crippen molar-refractivity contribution in [2.75, 3.05) is 6.61 Å². The molecule has 2 unspecified atom stereocenters. The maximum atomic E-state index is 10.4. The van der Waals surface area contributed by atoms with E-state index in [1.807, 2.05) is 0 Å². The first-order valence-electron chi connectivity index (χ1n) is 3.22. The molecule has 0 spiro atoms. The summed E-state index contributed by atoms with van der Waals surface area (Å²) in [7, 11) is 0. The predicted octanol–water partition coefficient (Wildman–Crippen LogP) is 0.662. The minimum atomic E-state index is -0.789. The van der Waals surface area contributed by atoms with Crippen molar-refractivity contribution in [3.63, 3.8) is 0 Å². The first-order chi connectivity index (χ1) is 4.75. The van der Waals surface area contributed by atoms with E-state index in [4.69, 9.17) is 9.84 Å². The second kappa shape index (κ2) is 2.84. The second-order valence-corrected chi connectivity index (χ2v) is 2.30. The lowest BCUT2D eigenvalue weighted by molar-refractivity contribution is -0.142. The fourth-order valence-corrected chi connectivity index (χ4v) is 1.11. The monoisotopic (exact) mass is 142 g/mol. The van der Waals surface area contributed by atoms with E-state index in [2.05, 4.69) is 6.58 Å². The van der Waals surface area contributed by atoms with Gasteiger partial charge in [-0.15, -0.1) is 6.58 Å². The Kier molecular flexibility index (Phi) is 2.06. The average Bonchev–Trinajstić information content (AvgIpc) is 2.33. The van der Waals surface area contributed by atoms with Crippen molar-refractivity contribution in [1.82, 2.24) is 0 Å². The van der Waals surface area contributed by atoms with E-state index < -0.39 is 5.97 Å². The Balaban J connectivity index is 2.58. The smallest absolute Gasteiger partial charge is 0.309 e. The molecule has 1 N–H and O–H groups in total. The summed E-state index contributed by atoms with van der Waals surface area (Å²) in [6.45, 7) is 4.02. The zero-order chi connectivity index (χ0) is 7.56. The quantitative estimate of drug-likeness (QED) is 0.576. The summed E-state index contributed by atoms with van der Waals surface area (Å²) < 4.78 is 5.08. The van der Waals surface area contributed by atoms with Crippen LogP contribution in [0.4, 0.5) is 0 Å². The van der Waals surface area contributed by atoms with Crippen LogP contribution in [0.1, 0.15) is 6.42 Å². The Bertz CT molecular complexity index is 153. The van der Waals surface area contributed by atoms with Crippen LogP contribution < -0.4 is 0 Å². The minimum Gasteiger partial charge on any atom is -0.481 e. The highest BCUT2D eigenvalue weighted by atomic mass is 16.5. The van der Waals surface area contributed by atoms with Crippen LogP contribution in [0.25, 0.3) is 0 Å². The molecule has 1 aliphatic rings. The zero-order valence-electron chi connectivity index (χ0n) is 5.62. The van der Waals surface area contributed by atoms with E-state index in [9.17, 15) is 4.79 Å². The van der Waals surface area contributed by atoms with Crippen LogP contribution in [-0.4, -0.2) is 23.8 Å². The van der Waals surface area contributed by atoms with Crippen LogP contribution in [0.2, 0.25) is 0 Å². The van der Waals surface area contributed by atoms with Crippen molar-refractivity contribution in [1.29, 1.82) is 0 Å². The highest BCUT2D eigenvalue weighted by molar-refractivity contribution is 5.71. The topological polar surface area (TPSA) is 46.5 Å². The number of carboxylic acids is 1. The molecule has 0 radical (unpaired) electrons. The van der Waals surface area contributed by atoms with E-state index in [0.717, 1.165) is 0 Å². The van der Waals surface area contributed by atoms with Crippen LogP contribution in [0.3, 0.4) is 0 Å². The molecule has 0 aromatic carbocycles. The first-order valence-corrected chi connectivity index (χ1v) is 3.22. The number of hydrogen-bond acceptors (Lipinski definition) is 2. The van der Waals surface area contributed by atoms with Gasteiger partial charge in [0.15, 0.2) is 0 Å². The Morgan fingerprint density at radius 3 is 2.90 bits per heavy atom. The van der Waals surface area contributed by atoms with Gasteiger partial charge in [0.05, 0.1) is 12.0 Å². The third kappa shape index (κ3) is 1.19. The number of ether oxygens (including phenoxy) is 1. The van der Waals surface area contributed by atoms with Gasteiger partial charge in [0.1, 0.15) is 0 Å². The van der Waals surface area contributed by atoms with Gasteiger partial charge < -0.3 is 9.84 Å². The molecule has 0 bridgehead atoms. The summed E-state index contributed by atoms with van der Waals surface area (Å²) in [5.41, 5.74) is 0. The fraction of sp³-hybridized carbons (Fsp3) is 0.571.